The molecule has 1 aliphatic carbocycles. The zero-order valence-electron chi connectivity index (χ0n) is 16.8. The van der Waals surface area contributed by atoms with Crippen molar-refractivity contribution in [2.24, 2.45) is 0 Å². The molecule has 0 amide bonds. The molecule has 0 saturated heterocycles. The molecule has 0 radical (unpaired) electrons. The van der Waals surface area contributed by atoms with E-state index in [4.69, 9.17) is 0 Å². The van der Waals surface area contributed by atoms with Crippen LogP contribution in [-0.4, -0.2) is 22.5 Å². The van der Waals surface area contributed by atoms with Gasteiger partial charge in [-0.05, 0) is 61.2 Å². The molecule has 1 aromatic carbocycles. The Balaban J connectivity index is 1.38. The van der Waals surface area contributed by atoms with Crippen molar-refractivity contribution in [3.8, 4) is 0 Å². The maximum absolute atomic E-state index is 12.7. The van der Waals surface area contributed by atoms with Gasteiger partial charge >= 0.3 is 6.18 Å². The van der Waals surface area contributed by atoms with Crippen LogP contribution < -0.4 is 0 Å². The van der Waals surface area contributed by atoms with Crippen LogP contribution in [0.25, 0.3) is 6.08 Å². The highest BCUT2D eigenvalue weighted by Gasteiger charge is 2.30. The lowest BCUT2D eigenvalue weighted by atomic mass is 9.88. The molecule has 2 heterocycles. The third-order valence-electron chi connectivity index (χ3n) is 5.77. The lowest BCUT2D eigenvalue weighted by molar-refractivity contribution is -0.137. The molecule has 2 nitrogen and oxygen atoms in total. The number of alkyl halides is 3. The normalized spacial score (nSPS) is 19.2. The van der Waals surface area contributed by atoms with Gasteiger partial charge in [-0.25, -0.2) is 0 Å². The van der Waals surface area contributed by atoms with Gasteiger partial charge in [0.05, 0.1) is 5.56 Å². The predicted octanol–water partition coefficient (Wildman–Crippen LogP) is 6.40. The van der Waals surface area contributed by atoms with Crippen LogP contribution in [0, 0.1) is 0 Å². The minimum Gasteiger partial charge on any atom is -0.371 e. The standard InChI is InChI=1S/C25H25F3N2/c26-25(27,28)22-9-10-23(29-18-22)17-21-6-4-5-20(16-21)15-19-7-11-24(12-8-19)30-13-2-1-3-14-30/h1-6,9-10,13,15-16,18,24H,7-8,11-12,14,17H2. The average molecular weight is 410 g/mol. The topological polar surface area (TPSA) is 16.1 Å². The van der Waals surface area contributed by atoms with E-state index in [0.717, 1.165) is 42.8 Å². The summed E-state index contributed by atoms with van der Waals surface area (Å²) >= 11 is 0. The molecule has 156 valence electrons. The first-order chi connectivity index (χ1) is 14.5. The lowest BCUT2D eigenvalue weighted by Crippen LogP contribution is -2.33. The van der Waals surface area contributed by atoms with Crippen LogP contribution in [-0.2, 0) is 12.6 Å². The summed E-state index contributed by atoms with van der Waals surface area (Å²) in [5.74, 6) is 0. The van der Waals surface area contributed by atoms with Gasteiger partial charge in [0.15, 0.2) is 0 Å². The van der Waals surface area contributed by atoms with E-state index in [0.29, 0.717) is 18.2 Å². The molecule has 0 spiro atoms. The third kappa shape index (κ3) is 5.21. The average Bonchev–Trinajstić information content (AvgIpc) is 2.75. The Morgan fingerprint density at radius 1 is 1.07 bits per heavy atom. The number of benzene rings is 1. The zero-order valence-corrected chi connectivity index (χ0v) is 16.8. The zero-order chi connectivity index (χ0) is 21.0. The summed E-state index contributed by atoms with van der Waals surface area (Å²) < 4.78 is 38.1. The summed E-state index contributed by atoms with van der Waals surface area (Å²) in [6, 6.07) is 11.4. The molecule has 0 bridgehead atoms. The molecule has 1 aromatic heterocycles. The first kappa shape index (κ1) is 20.5. The minimum atomic E-state index is -4.35. The van der Waals surface area contributed by atoms with Crippen LogP contribution in [0.3, 0.4) is 0 Å². The Morgan fingerprint density at radius 2 is 1.90 bits per heavy atom. The van der Waals surface area contributed by atoms with Crippen molar-refractivity contribution < 1.29 is 13.2 Å². The highest BCUT2D eigenvalue weighted by atomic mass is 19.4. The van der Waals surface area contributed by atoms with Crippen LogP contribution in [0.5, 0.6) is 0 Å². The monoisotopic (exact) mass is 410 g/mol. The molecule has 0 N–H and O–H groups in total. The summed E-state index contributed by atoms with van der Waals surface area (Å²) in [4.78, 5) is 6.41. The van der Waals surface area contributed by atoms with Crippen molar-refractivity contribution in [3.05, 3.63) is 95.0 Å². The summed E-state index contributed by atoms with van der Waals surface area (Å²) in [5, 5.41) is 0. The number of allylic oxidation sites excluding steroid dienone is 3. The van der Waals surface area contributed by atoms with Crippen molar-refractivity contribution in [1.82, 2.24) is 9.88 Å². The van der Waals surface area contributed by atoms with Gasteiger partial charge in [-0.3, -0.25) is 4.98 Å². The van der Waals surface area contributed by atoms with Crippen LogP contribution in [0.4, 0.5) is 13.2 Å². The summed E-state index contributed by atoms with van der Waals surface area (Å²) in [7, 11) is 0. The van der Waals surface area contributed by atoms with Gasteiger partial charge in [0, 0.05) is 30.9 Å². The van der Waals surface area contributed by atoms with E-state index in [1.807, 2.05) is 12.1 Å². The summed E-state index contributed by atoms with van der Waals surface area (Å²) in [6.45, 7) is 1.00. The second-order valence-electron chi connectivity index (χ2n) is 7.96. The van der Waals surface area contributed by atoms with E-state index >= 15 is 0 Å². The molecule has 2 aliphatic rings. The van der Waals surface area contributed by atoms with E-state index in [1.54, 1.807) is 0 Å². The fourth-order valence-corrected chi connectivity index (χ4v) is 4.14. The van der Waals surface area contributed by atoms with Gasteiger partial charge in [0.2, 0.25) is 0 Å². The van der Waals surface area contributed by atoms with Crippen molar-refractivity contribution in [2.75, 3.05) is 6.54 Å². The minimum absolute atomic E-state index is 0.520. The molecule has 30 heavy (non-hydrogen) atoms. The number of halogens is 3. The van der Waals surface area contributed by atoms with Crippen LogP contribution in [0.2, 0.25) is 0 Å². The summed E-state index contributed by atoms with van der Waals surface area (Å²) in [6.07, 6.45) is 12.5. The fourth-order valence-electron chi connectivity index (χ4n) is 4.14. The molecular formula is C25H25F3N2. The van der Waals surface area contributed by atoms with Crippen LogP contribution in [0.1, 0.15) is 48.1 Å². The van der Waals surface area contributed by atoms with Gasteiger partial charge < -0.3 is 4.90 Å². The SMILES string of the molecule is FC(F)(F)c1ccc(Cc2cccc(C=C3CCC(N4C=CC=CC4)CC3)c2)nc1. The number of aromatic nitrogens is 1. The molecule has 0 atom stereocenters. The molecule has 4 rings (SSSR count). The Morgan fingerprint density at radius 3 is 2.57 bits per heavy atom. The highest BCUT2D eigenvalue weighted by Crippen LogP contribution is 2.30. The van der Waals surface area contributed by atoms with Crippen LogP contribution >= 0.6 is 0 Å². The molecule has 1 saturated carbocycles. The lowest BCUT2D eigenvalue weighted by Gasteiger charge is -2.34. The van der Waals surface area contributed by atoms with E-state index in [1.165, 1.54) is 24.5 Å². The molecular weight excluding hydrogens is 385 g/mol. The third-order valence-corrected chi connectivity index (χ3v) is 5.77. The van der Waals surface area contributed by atoms with E-state index in [-0.39, 0.29) is 0 Å². The Hall–Kier alpha value is -2.82. The first-order valence-electron chi connectivity index (χ1n) is 10.4. The highest BCUT2D eigenvalue weighted by molar-refractivity contribution is 5.54. The Kier molecular flexibility index (Phi) is 6.07. The van der Waals surface area contributed by atoms with E-state index in [2.05, 4.69) is 52.5 Å². The number of hydrogen-bond acceptors (Lipinski definition) is 2. The Bertz CT molecular complexity index is 945. The van der Waals surface area contributed by atoms with Gasteiger partial charge in [0.1, 0.15) is 0 Å². The number of pyridine rings is 1. The number of nitrogens with zero attached hydrogens (tertiary/aromatic N) is 2. The van der Waals surface area contributed by atoms with E-state index < -0.39 is 11.7 Å². The maximum atomic E-state index is 12.7. The van der Waals surface area contributed by atoms with E-state index in [9.17, 15) is 13.2 Å². The van der Waals surface area contributed by atoms with Gasteiger partial charge in [-0.15, -0.1) is 0 Å². The van der Waals surface area contributed by atoms with Crippen molar-refractivity contribution in [1.29, 1.82) is 0 Å². The molecule has 1 aliphatic heterocycles. The van der Waals surface area contributed by atoms with Gasteiger partial charge in [-0.2, -0.15) is 13.2 Å². The predicted molar refractivity (Wildman–Crippen MR) is 114 cm³/mol. The number of rotatable bonds is 4. The van der Waals surface area contributed by atoms with Crippen molar-refractivity contribution >= 4 is 6.08 Å². The fraction of sp³-hybridized carbons (Fsp3) is 0.320. The molecule has 1 fully saturated rings. The van der Waals surface area contributed by atoms with Gasteiger partial charge in [0.25, 0.3) is 0 Å². The van der Waals surface area contributed by atoms with Crippen LogP contribution in [0.15, 0.2) is 72.6 Å². The summed E-state index contributed by atoms with van der Waals surface area (Å²) in [5.41, 5.74) is 3.59. The first-order valence-corrected chi connectivity index (χ1v) is 10.4. The molecule has 2 aromatic rings. The smallest absolute Gasteiger partial charge is 0.371 e. The quantitative estimate of drug-likeness (QED) is 0.580. The maximum Gasteiger partial charge on any atom is 0.417 e. The molecule has 0 unspecified atom stereocenters. The Labute approximate surface area is 175 Å². The number of hydrogen-bond donors (Lipinski definition) is 0. The second kappa shape index (κ2) is 8.90. The largest absolute Gasteiger partial charge is 0.417 e. The second-order valence-corrected chi connectivity index (χ2v) is 7.96. The van der Waals surface area contributed by atoms with Crippen molar-refractivity contribution in [2.45, 2.75) is 44.3 Å². The molecule has 5 heteroatoms. The van der Waals surface area contributed by atoms with Crippen molar-refractivity contribution in [3.63, 3.8) is 0 Å². The van der Waals surface area contributed by atoms with Gasteiger partial charge in [-0.1, -0.05) is 48.1 Å².